The number of aryl methyl sites for hydroxylation is 1. The summed E-state index contributed by atoms with van der Waals surface area (Å²) in [6.45, 7) is 3.71. The van der Waals surface area contributed by atoms with Crippen LogP contribution in [0, 0.1) is 12.8 Å². The van der Waals surface area contributed by atoms with Crippen LogP contribution in [0.5, 0.6) is 0 Å². The van der Waals surface area contributed by atoms with Crippen LogP contribution >= 0.6 is 0 Å². The van der Waals surface area contributed by atoms with Crippen molar-refractivity contribution in [3.05, 3.63) is 41.6 Å². The Bertz CT molecular complexity index is 976. The van der Waals surface area contributed by atoms with Gasteiger partial charge in [-0.15, -0.1) is 0 Å². The summed E-state index contributed by atoms with van der Waals surface area (Å²) in [6, 6.07) is 7.51. The minimum absolute atomic E-state index is 0.00921. The van der Waals surface area contributed by atoms with Gasteiger partial charge in [0, 0.05) is 43.0 Å². The Morgan fingerprint density at radius 2 is 2.03 bits per heavy atom. The quantitative estimate of drug-likeness (QED) is 0.555. The van der Waals surface area contributed by atoms with Gasteiger partial charge >= 0.3 is 0 Å². The molecule has 1 aromatic heterocycles. The molecule has 1 aliphatic carbocycles. The first-order valence-electron chi connectivity index (χ1n) is 10.7. The van der Waals surface area contributed by atoms with E-state index >= 15 is 0 Å². The summed E-state index contributed by atoms with van der Waals surface area (Å²) in [6.07, 6.45) is 4.69. The summed E-state index contributed by atoms with van der Waals surface area (Å²) in [5, 5.41) is 6.44. The molecule has 0 spiro atoms. The summed E-state index contributed by atoms with van der Waals surface area (Å²) in [7, 11) is 0. The third-order valence-electron chi connectivity index (χ3n) is 6.07. The first kappa shape index (κ1) is 21.0. The highest BCUT2D eigenvalue weighted by Gasteiger charge is 2.35. The molecule has 3 atom stereocenters. The highest BCUT2D eigenvalue weighted by atomic mass is 16.2. The normalized spacial score (nSPS) is 23.0. The number of aromatic nitrogens is 2. The molecule has 2 aromatic rings. The van der Waals surface area contributed by atoms with Crippen LogP contribution < -0.4 is 22.1 Å². The molecule has 2 amide bonds. The molecule has 9 nitrogen and oxygen atoms in total. The number of nitrogens with two attached hydrogens (primary N) is 2. The molecule has 1 saturated heterocycles. The van der Waals surface area contributed by atoms with E-state index in [9.17, 15) is 9.59 Å². The van der Waals surface area contributed by atoms with Gasteiger partial charge in [-0.2, -0.15) is 4.98 Å². The highest BCUT2D eigenvalue weighted by molar-refractivity contribution is 5.98. The predicted molar refractivity (Wildman–Crippen MR) is 119 cm³/mol. The lowest BCUT2D eigenvalue weighted by molar-refractivity contribution is -0.140. The number of carbonyl (C=O) groups excluding carboxylic acids is 2. The van der Waals surface area contributed by atoms with E-state index in [0.717, 1.165) is 43.6 Å². The van der Waals surface area contributed by atoms with Crippen molar-refractivity contribution >= 4 is 29.3 Å². The predicted octanol–water partition coefficient (Wildman–Crippen LogP) is 1.77. The van der Waals surface area contributed by atoms with E-state index < -0.39 is 5.91 Å². The molecule has 31 heavy (non-hydrogen) atoms. The van der Waals surface area contributed by atoms with Crippen LogP contribution in [0.25, 0.3) is 0 Å². The van der Waals surface area contributed by atoms with Crippen molar-refractivity contribution < 1.29 is 9.59 Å². The Balaban J connectivity index is 1.46. The molecule has 1 aromatic carbocycles. The summed E-state index contributed by atoms with van der Waals surface area (Å²) >= 11 is 0. The van der Waals surface area contributed by atoms with Crippen LogP contribution in [-0.2, 0) is 4.79 Å². The van der Waals surface area contributed by atoms with Crippen LogP contribution in [0.2, 0.25) is 0 Å². The second-order valence-corrected chi connectivity index (χ2v) is 8.42. The van der Waals surface area contributed by atoms with Crippen molar-refractivity contribution in [1.29, 1.82) is 0 Å². The molecule has 9 heteroatoms. The molecule has 3 unspecified atom stereocenters. The topological polar surface area (TPSA) is 139 Å². The lowest BCUT2D eigenvalue weighted by atomic mass is 9.81. The maximum Gasteiger partial charge on any atom is 0.254 e. The standard InChI is InChI=1S/C22H29N7O2/c1-13-4-2-5-15(10-13)26-20-16(19(24)30)12-25-22(28-20)27-18-7-6-14(11-17(18)23)21(31)29-8-3-9-29/h2,4-5,10,12,14,17-18H,3,6-9,11,23H2,1H3,(H2,24,30)(H2,25,26,27,28). The molecular weight excluding hydrogens is 394 g/mol. The smallest absolute Gasteiger partial charge is 0.254 e. The molecule has 2 fully saturated rings. The van der Waals surface area contributed by atoms with Gasteiger partial charge in [-0.3, -0.25) is 9.59 Å². The van der Waals surface area contributed by atoms with E-state index in [1.165, 1.54) is 6.20 Å². The number of nitrogens with one attached hydrogen (secondary N) is 2. The number of nitrogens with zero attached hydrogens (tertiary/aromatic N) is 3. The molecule has 2 heterocycles. The summed E-state index contributed by atoms with van der Waals surface area (Å²) in [4.78, 5) is 35.0. The van der Waals surface area contributed by atoms with E-state index in [-0.39, 0.29) is 29.5 Å². The second kappa shape index (κ2) is 8.89. The van der Waals surface area contributed by atoms with Gasteiger partial charge in [0.05, 0.1) is 0 Å². The average Bonchev–Trinajstić information content (AvgIpc) is 2.68. The first-order valence-corrected chi connectivity index (χ1v) is 10.7. The molecular formula is C22H29N7O2. The molecule has 0 bridgehead atoms. The average molecular weight is 424 g/mol. The Morgan fingerprint density at radius 3 is 2.68 bits per heavy atom. The van der Waals surface area contributed by atoms with Crippen LogP contribution in [0.15, 0.2) is 30.5 Å². The van der Waals surface area contributed by atoms with Gasteiger partial charge in [-0.05, 0) is 50.3 Å². The van der Waals surface area contributed by atoms with Gasteiger partial charge in [0.2, 0.25) is 11.9 Å². The van der Waals surface area contributed by atoms with Crippen LogP contribution in [0.4, 0.5) is 17.5 Å². The van der Waals surface area contributed by atoms with Crippen LogP contribution in [0.3, 0.4) is 0 Å². The Kier molecular flexibility index (Phi) is 6.03. The number of hydrogen-bond donors (Lipinski definition) is 4. The van der Waals surface area contributed by atoms with E-state index in [1.54, 1.807) is 0 Å². The van der Waals surface area contributed by atoms with Crippen LogP contribution in [0.1, 0.15) is 41.6 Å². The minimum Gasteiger partial charge on any atom is -0.365 e. The van der Waals surface area contributed by atoms with Gasteiger partial charge in [0.15, 0.2) is 0 Å². The maximum absolute atomic E-state index is 12.5. The largest absolute Gasteiger partial charge is 0.365 e. The number of likely N-dealkylation sites (tertiary alicyclic amines) is 1. The number of rotatable bonds is 6. The van der Waals surface area contributed by atoms with E-state index in [2.05, 4.69) is 20.6 Å². The number of amides is 2. The molecule has 2 aliphatic rings. The SMILES string of the molecule is Cc1cccc(Nc2nc(NC3CCC(C(=O)N4CCC4)CC3N)ncc2C(N)=O)c1. The van der Waals surface area contributed by atoms with E-state index in [4.69, 9.17) is 11.5 Å². The third-order valence-corrected chi connectivity index (χ3v) is 6.07. The lowest BCUT2D eigenvalue weighted by Crippen LogP contribution is -2.51. The Labute approximate surface area is 181 Å². The third kappa shape index (κ3) is 4.77. The summed E-state index contributed by atoms with van der Waals surface area (Å²) in [5.41, 5.74) is 14.0. The zero-order valence-electron chi connectivity index (χ0n) is 17.7. The number of anilines is 3. The molecule has 1 aliphatic heterocycles. The zero-order valence-corrected chi connectivity index (χ0v) is 17.7. The van der Waals surface area contributed by atoms with E-state index in [0.29, 0.717) is 18.2 Å². The fraction of sp³-hybridized carbons (Fsp3) is 0.455. The fourth-order valence-corrected chi connectivity index (χ4v) is 4.16. The van der Waals surface area contributed by atoms with Crippen molar-refractivity contribution in [2.45, 2.75) is 44.7 Å². The number of carbonyl (C=O) groups is 2. The molecule has 6 N–H and O–H groups in total. The number of primary amides is 1. The molecule has 4 rings (SSSR count). The zero-order chi connectivity index (χ0) is 22.0. The summed E-state index contributed by atoms with van der Waals surface area (Å²) in [5.74, 6) is 0.319. The number of hydrogen-bond acceptors (Lipinski definition) is 7. The maximum atomic E-state index is 12.5. The first-order chi connectivity index (χ1) is 14.9. The van der Waals surface area contributed by atoms with Crippen LogP contribution in [-0.4, -0.2) is 51.9 Å². The van der Waals surface area contributed by atoms with Crippen molar-refractivity contribution in [2.75, 3.05) is 23.7 Å². The minimum atomic E-state index is -0.608. The molecule has 164 valence electrons. The van der Waals surface area contributed by atoms with Gasteiger partial charge in [-0.1, -0.05) is 12.1 Å². The van der Waals surface area contributed by atoms with Crippen molar-refractivity contribution in [2.24, 2.45) is 17.4 Å². The van der Waals surface area contributed by atoms with Gasteiger partial charge in [0.25, 0.3) is 5.91 Å². The van der Waals surface area contributed by atoms with E-state index in [1.807, 2.05) is 36.1 Å². The van der Waals surface area contributed by atoms with Crippen molar-refractivity contribution in [1.82, 2.24) is 14.9 Å². The van der Waals surface area contributed by atoms with Gasteiger partial charge in [-0.25, -0.2) is 4.98 Å². The monoisotopic (exact) mass is 423 g/mol. The second-order valence-electron chi connectivity index (χ2n) is 8.42. The van der Waals surface area contributed by atoms with Gasteiger partial charge in [0.1, 0.15) is 11.4 Å². The summed E-state index contributed by atoms with van der Waals surface area (Å²) < 4.78 is 0. The van der Waals surface area contributed by atoms with Crippen molar-refractivity contribution in [3.8, 4) is 0 Å². The Morgan fingerprint density at radius 1 is 1.23 bits per heavy atom. The highest BCUT2D eigenvalue weighted by Crippen LogP contribution is 2.29. The number of benzene rings is 1. The fourth-order valence-electron chi connectivity index (χ4n) is 4.16. The molecule has 0 radical (unpaired) electrons. The van der Waals surface area contributed by atoms with Crippen molar-refractivity contribution in [3.63, 3.8) is 0 Å². The van der Waals surface area contributed by atoms with Gasteiger partial charge < -0.3 is 27.0 Å². The Hall–Kier alpha value is -3.20. The lowest BCUT2D eigenvalue weighted by Gasteiger charge is -2.39. The molecule has 1 saturated carbocycles.